The summed E-state index contributed by atoms with van der Waals surface area (Å²) in [6.45, 7) is 0.771. The Morgan fingerprint density at radius 1 is 1.36 bits per heavy atom. The van der Waals surface area contributed by atoms with Crippen LogP contribution in [0.2, 0.25) is 0 Å². The van der Waals surface area contributed by atoms with Crippen molar-refractivity contribution in [2.24, 2.45) is 5.73 Å². The van der Waals surface area contributed by atoms with Crippen LogP contribution < -0.4 is 11.1 Å². The lowest BCUT2D eigenvalue weighted by molar-refractivity contribution is -0.142. The number of anilines is 1. The predicted octanol–water partition coefficient (Wildman–Crippen LogP) is 5.14. The smallest absolute Gasteiger partial charge is 0.365 e. The van der Waals surface area contributed by atoms with Gasteiger partial charge in [0.05, 0.1) is 15.9 Å². The van der Waals surface area contributed by atoms with Crippen molar-refractivity contribution in [2.75, 3.05) is 5.32 Å². The third-order valence-electron chi connectivity index (χ3n) is 5.14. The lowest BCUT2D eigenvalue weighted by atomic mass is 10.0. The topological polar surface area (TPSA) is 103 Å². The predicted molar refractivity (Wildman–Crippen MR) is 113 cm³/mol. The number of carbonyl (C=O) groups is 2. The minimum absolute atomic E-state index is 0.0163. The minimum atomic E-state index is -4.72. The molecule has 3 aromatic heterocycles. The van der Waals surface area contributed by atoms with Crippen LogP contribution in [0.25, 0.3) is 10.2 Å². The average molecular weight is 552 g/mol. The van der Waals surface area contributed by atoms with Gasteiger partial charge in [-0.3, -0.25) is 14.3 Å². The first-order valence-corrected chi connectivity index (χ1v) is 11.1. The van der Waals surface area contributed by atoms with E-state index >= 15 is 0 Å². The molecule has 1 fully saturated rings. The van der Waals surface area contributed by atoms with Gasteiger partial charge in [0.2, 0.25) is 5.91 Å². The van der Waals surface area contributed by atoms with Gasteiger partial charge in [0.1, 0.15) is 21.9 Å². The number of nitrogens with zero attached hydrogens (tertiary/aromatic N) is 3. The molecule has 1 aliphatic rings. The van der Waals surface area contributed by atoms with E-state index in [-0.39, 0.29) is 31.5 Å². The zero-order valence-electron chi connectivity index (χ0n) is 16.8. The molecular formula is C19H15BrF5N5O2S. The third-order valence-corrected chi connectivity index (χ3v) is 7.18. The Labute approximate surface area is 195 Å². The maximum absolute atomic E-state index is 13.3. The first-order chi connectivity index (χ1) is 15.4. The highest BCUT2D eigenvalue weighted by atomic mass is 79.9. The molecule has 33 heavy (non-hydrogen) atoms. The van der Waals surface area contributed by atoms with E-state index in [0.29, 0.717) is 10.9 Å². The van der Waals surface area contributed by atoms with Crippen molar-refractivity contribution in [3.63, 3.8) is 0 Å². The maximum atomic E-state index is 13.3. The number of thiophene rings is 1. The number of primary amides is 1. The van der Waals surface area contributed by atoms with Gasteiger partial charge < -0.3 is 11.1 Å². The van der Waals surface area contributed by atoms with Gasteiger partial charge in [-0.1, -0.05) is 0 Å². The summed E-state index contributed by atoms with van der Waals surface area (Å²) in [4.78, 5) is 28.7. The zero-order valence-corrected chi connectivity index (χ0v) is 19.2. The number of nitrogens with one attached hydrogen (secondary N) is 1. The number of pyridine rings is 1. The Kier molecular flexibility index (Phi) is 5.93. The van der Waals surface area contributed by atoms with Gasteiger partial charge in [0.15, 0.2) is 5.69 Å². The monoisotopic (exact) mass is 551 g/mol. The van der Waals surface area contributed by atoms with E-state index < -0.39 is 42.3 Å². The Morgan fingerprint density at radius 3 is 2.55 bits per heavy atom. The number of aromatic nitrogens is 3. The third kappa shape index (κ3) is 4.45. The van der Waals surface area contributed by atoms with Gasteiger partial charge >= 0.3 is 6.18 Å². The summed E-state index contributed by atoms with van der Waals surface area (Å²) in [6.07, 6.45) is -6.05. The standard InChI is InChI=1S/C19H15BrF5N5O2S/c1-6-12(20)15(19(23,24)25)29-30(6)5-10(31)28-13-11-8(7-2-3-7)4-9(16(21)22)27-18(11)33-14(13)17(26)32/h4,7,16H,2-3,5H2,1H3,(H2,26,32)(H,28,31). The molecule has 14 heteroatoms. The molecule has 0 radical (unpaired) electrons. The highest BCUT2D eigenvalue weighted by Crippen LogP contribution is 2.48. The van der Waals surface area contributed by atoms with Crippen LogP contribution in [0.1, 0.15) is 57.5 Å². The maximum Gasteiger partial charge on any atom is 0.436 e. The second kappa shape index (κ2) is 8.31. The van der Waals surface area contributed by atoms with Gasteiger partial charge in [0.25, 0.3) is 12.3 Å². The molecule has 1 aliphatic carbocycles. The lowest BCUT2D eigenvalue weighted by Crippen LogP contribution is -2.22. The van der Waals surface area contributed by atoms with Gasteiger partial charge in [-0.05, 0) is 53.2 Å². The summed E-state index contributed by atoms with van der Waals surface area (Å²) in [5, 5.41) is 6.31. The fourth-order valence-corrected chi connectivity index (χ4v) is 4.97. The SMILES string of the molecule is Cc1c(Br)c(C(F)(F)F)nn1CC(=O)Nc1c(C(N)=O)sc2nc(C(F)F)cc(C3CC3)c12. The van der Waals surface area contributed by atoms with E-state index in [1.807, 2.05) is 0 Å². The lowest BCUT2D eigenvalue weighted by Gasteiger charge is -2.11. The number of nitrogens with two attached hydrogens (primary N) is 1. The van der Waals surface area contributed by atoms with Gasteiger partial charge in [-0.25, -0.2) is 13.8 Å². The normalized spacial score (nSPS) is 14.3. The molecule has 0 bridgehead atoms. The quantitative estimate of drug-likeness (QED) is 0.414. The Hall–Kier alpha value is -2.61. The van der Waals surface area contributed by atoms with E-state index in [9.17, 15) is 31.5 Å². The summed E-state index contributed by atoms with van der Waals surface area (Å²) in [5.41, 5.74) is 4.42. The molecule has 2 amide bonds. The number of carbonyl (C=O) groups excluding carboxylic acids is 2. The molecule has 4 rings (SSSR count). The summed E-state index contributed by atoms with van der Waals surface area (Å²) >= 11 is 3.61. The van der Waals surface area contributed by atoms with Crippen molar-refractivity contribution in [1.29, 1.82) is 0 Å². The summed E-state index contributed by atoms with van der Waals surface area (Å²) in [6, 6.07) is 1.25. The largest absolute Gasteiger partial charge is 0.436 e. The van der Waals surface area contributed by atoms with Crippen LogP contribution in [0.4, 0.5) is 27.6 Å². The number of hydrogen-bond donors (Lipinski definition) is 2. The summed E-state index contributed by atoms with van der Waals surface area (Å²) in [7, 11) is 0. The van der Waals surface area contributed by atoms with E-state index in [4.69, 9.17) is 5.73 Å². The number of fused-ring (bicyclic) bond motifs is 1. The Balaban J connectivity index is 1.73. The van der Waals surface area contributed by atoms with Crippen molar-refractivity contribution >= 4 is 55.0 Å². The highest BCUT2D eigenvalue weighted by molar-refractivity contribution is 9.10. The van der Waals surface area contributed by atoms with Crippen LogP contribution in [0.5, 0.6) is 0 Å². The molecule has 0 spiro atoms. The molecule has 0 unspecified atom stereocenters. The molecule has 0 atom stereocenters. The molecule has 0 aliphatic heterocycles. The van der Waals surface area contributed by atoms with Crippen molar-refractivity contribution < 1.29 is 31.5 Å². The van der Waals surface area contributed by atoms with Crippen LogP contribution >= 0.6 is 27.3 Å². The van der Waals surface area contributed by atoms with E-state index in [1.165, 1.54) is 13.0 Å². The van der Waals surface area contributed by atoms with Crippen LogP contribution in [0.3, 0.4) is 0 Å². The summed E-state index contributed by atoms with van der Waals surface area (Å²) < 4.78 is 66.5. The van der Waals surface area contributed by atoms with Crippen molar-refractivity contribution in [1.82, 2.24) is 14.8 Å². The average Bonchev–Trinajstić information content (AvgIpc) is 3.44. The van der Waals surface area contributed by atoms with E-state index in [1.54, 1.807) is 0 Å². The van der Waals surface area contributed by atoms with Crippen molar-refractivity contribution in [2.45, 2.75) is 44.8 Å². The van der Waals surface area contributed by atoms with Gasteiger partial charge in [-0.15, -0.1) is 11.3 Å². The number of alkyl halides is 5. The van der Waals surface area contributed by atoms with Crippen molar-refractivity contribution in [3.05, 3.63) is 38.1 Å². The molecule has 7 nitrogen and oxygen atoms in total. The van der Waals surface area contributed by atoms with E-state index in [2.05, 4.69) is 31.3 Å². The summed E-state index contributed by atoms with van der Waals surface area (Å²) in [5.74, 6) is -1.70. The molecule has 0 saturated heterocycles. The second-order valence-corrected chi connectivity index (χ2v) is 9.31. The molecule has 3 N–H and O–H groups in total. The van der Waals surface area contributed by atoms with Crippen molar-refractivity contribution in [3.8, 4) is 0 Å². The van der Waals surface area contributed by atoms with Crippen LogP contribution in [-0.4, -0.2) is 26.6 Å². The Morgan fingerprint density at radius 2 is 2.03 bits per heavy atom. The minimum Gasteiger partial charge on any atom is -0.365 e. The molecule has 3 aromatic rings. The number of halogens is 6. The Bertz CT molecular complexity index is 1280. The van der Waals surface area contributed by atoms with Crippen LogP contribution in [0, 0.1) is 6.92 Å². The van der Waals surface area contributed by atoms with Crippen LogP contribution in [-0.2, 0) is 17.5 Å². The number of amides is 2. The molecule has 176 valence electrons. The molecular weight excluding hydrogens is 537 g/mol. The highest BCUT2D eigenvalue weighted by Gasteiger charge is 2.38. The zero-order chi connectivity index (χ0) is 24.2. The second-order valence-electron chi connectivity index (χ2n) is 7.51. The van der Waals surface area contributed by atoms with Gasteiger partial charge in [-0.2, -0.15) is 18.3 Å². The fraction of sp³-hybridized carbons (Fsp3) is 0.368. The number of rotatable bonds is 6. The first kappa shape index (κ1) is 23.5. The van der Waals surface area contributed by atoms with E-state index in [0.717, 1.165) is 28.9 Å². The van der Waals surface area contributed by atoms with Crippen LogP contribution in [0.15, 0.2) is 10.5 Å². The fourth-order valence-electron chi connectivity index (χ4n) is 3.44. The van der Waals surface area contributed by atoms with Gasteiger partial charge in [0, 0.05) is 5.39 Å². The number of hydrogen-bond acceptors (Lipinski definition) is 5. The molecule has 1 saturated carbocycles. The molecule has 3 heterocycles. The molecule has 0 aromatic carbocycles. The first-order valence-electron chi connectivity index (χ1n) is 9.53.